The summed E-state index contributed by atoms with van der Waals surface area (Å²) in [6.07, 6.45) is 0. The molecule has 15 heavy (non-hydrogen) atoms. The highest BCUT2D eigenvalue weighted by Crippen LogP contribution is 2.11. The molecule has 5 heteroatoms. The van der Waals surface area contributed by atoms with Crippen molar-refractivity contribution in [1.82, 2.24) is 5.32 Å². The van der Waals surface area contributed by atoms with E-state index >= 15 is 0 Å². The van der Waals surface area contributed by atoms with Gasteiger partial charge in [0.2, 0.25) is 5.91 Å². The van der Waals surface area contributed by atoms with Crippen LogP contribution in [-0.2, 0) is 14.3 Å². The van der Waals surface area contributed by atoms with Gasteiger partial charge >= 0.3 is 0 Å². The summed E-state index contributed by atoms with van der Waals surface area (Å²) in [5, 5.41) is 3.12. The molecule has 5 nitrogen and oxygen atoms in total. The highest BCUT2D eigenvalue weighted by atomic mass is 16.5. The predicted octanol–water partition coefficient (Wildman–Crippen LogP) is -0.249. The maximum absolute atomic E-state index is 11.0. The van der Waals surface area contributed by atoms with Gasteiger partial charge in [0.1, 0.15) is 0 Å². The summed E-state index contributed by atoms with van der Waals surface area (Å²) in [6.45, 7) is 6.71. The van der Waals surface area contributed by atoms with E-state index in [2.05, 4.69) is 5.32 Å². The summed E-state index contributed by atoms with van der Waals surface area (Å²) in [4.78, 5) is 11.0. The van der Waals surface area contributed by atoms with Crippen LogP contribution in [0.2, 0.25) is 0 Å². The molecule has 0 aromatic heterocycles. The first kappa shape index (κ1) is 14.3. The van der Waals surface area contributed by atoms with Crippen LogP contribution < -0.4 is 11.1 Å². The van der Waals surface area contributed by atoms with Crippen LogP contribution in [0.15, 0.2) is 0 Å². The number of primary amides is 1. The van der Waals surface area contributed by atoms with Crippen LogP contribution in [0.5, 0.6) is 0 Å². The van der Waals surface area contributed by atoms with Crippen LogP contribution in [0.25, 0.3) is 0 Å². The average molecular weight is 218 g/mol. The highest BCUT2D eigenvalue weighted by molar-refractivity contribution is 5.80. The van der Waals surface area contributed by atoms with E-state index in [-0.39, 0.29) is 5.91 Å². The molecule has 0 aliphatic rings. The lowest BCUT2D eigenvalue weighted by molar-refractivity contribution is -0.125. The summed E-state index contributed by atoms with van der Waals surface area (Å²) in [5.74, 6) is -0.296. The fourth-order valence-electron chi connectivity index (χ4n) is 0.877. The van der Waals surface area contributed by atoms with E-state index < -0.39 is 5.41 Å². The molecular formula is C10H22N2O3. The predicted molar refractivity (Wildman–Crippen MR) is 58.5 cm³/mol. The quantitative estimate of drug-likeness (QED) is 0.523. The van der Waals surface area contributed by atoms with Crippen LogP contribution in [-0.4, -0.2) is 45.9 Å². The number of ether oxygens (including phenoxy) is 2. The van der Waals surface area contributed by atoms with Crippen molar-refractivity contribution < 1.29 is 14.3 Å². The number of carbonyl (C=O) groups excluding carboxylic acids is 1. The van der Waals surface area contributed by atoms with Crippen LogP contribution in [0.3, 0.4) is 0 Å². The molecule has 90 valence electrons. The zero-order chi connectivity index (χ0) is 11.7. The van der Waals surface area contributed by atoms with Crippen LogP contribution in [0.1, 0.15) is 13.8 Å². The van der Waals surface area contributed by atoms with Crippen molar-refractivity contribution in [3.63, 3.8) is 0 Å². The number of carbonyl (C=O) groups is 1. The maximum atomic E-state index is 11.0. The number of amides is 1. The van der Waals surface area contributed by atoms with Crippen molar-refractivity contribution in [3.05, 3.63) is 0 Å². The third-order valence-corrected chi connectivity index (χ3v) is 2.09. The van der Waals surface area contributed by atoms with Crippen molar-refractivity contribution in [1.29, 1.82) is 0 Å². The minimum Gasteiger partial charge on any atom is -0.382 e. The standard InChI is InChI=1S/C10H22N2O3/c1-10(2,9(11)13)8-12-4-5-15-7-6-14-3/h12H,4-8H2,1-3H3,(H2,11,13). The van der Waals surface area contributed by atoms with Crippen molar-refractivity contribution >= 4 is 5.91 Å². The second kappa shape index (κ2) is 7.62. The summed E-state index contributed by atoms with van der Waals surface area (Å²) in [5.41, 5.74) is 4.72. The van der Waals surface area contributed by atoms with Crippen molar-refractivity contribution in [2.75, 3.05) is 40.0 Å². The van der Waals surface area contributed by atoms with Gasteiger partial charge in [0.15, 0.2) is 0 Å². The van der Waals surface area contributed by atoms with Gasteiger partial charge in [-0.1, -0.05) is 0 Å². The van der Waals surface area contributed by atoms with Crippen LogP contribution >= 0.6 is 0 Å². The van der Waals surface area contributed by atoms with Gasteiger partial charge in [0, 0.05) is 20.2 Å². The third kappa shape index (κ3) is 7.30. The monoisotopic (exact) mass is 218 g/mol. The van der Waals surface area contributed by atoms with Gasteiger partial charge in [0.05, 0.1) is 25.2 Å². The Morgan fingerprint density at radius 3 is 2.53 bits per heavy atom. The molecule has 0 aromatic carbocycles. The van der Waals surface area contributed by atoms with Crippen LogP contribution in [0.4, 0.5) is 0 Å². The Hall–Kier alpha value is -0.650. The number of nitrogens with two attached hydrogens (primary N) is 1. The van der Waals surface area contributed by atoms with Crippen molar-refractivity contribution in [3.8, 4) is 0 Å². The van der Waals surface area contributed by atoms with E-state index in [0.717, 1.165) is 0 Å². The van der Waals surface area contributed by atoms with Gasteiger partial charge < -0.3 is 20.5 Å². The van der Waals surface area contributed by atoms with Gasteiger partial charge in [-0.2, -0.15) is 0 Å². The smallest absolute Gasteiger partial charge is 0.224 e. The molecule has 0 atom stereocenters. The summed E-state index contributed by atoms with van der Waals surface area (Å²) < 4.78 is 10.1. The lowest BCUT2D eigenvalue weighted by atomic mass is 9.93. The third-order valence-electron chi connectivity index (χ3n) is 2.09. The first-order valence-electron chi connectivity index (χ1n) is 5.08. The molecule has 0 saturated carbocycles. The summed E-state index contributed by atoms with van der Waals surface area (Å²) in [7, 11) is 1.64. The molecule has 0 spiro atoms. The molecule has 0 radical (unpaired) electrons. The topological polar surface area (TPSA) is 73.6 Å². The molecule has 0 unspecified atom stereocenters. The largest absolute Gasteiger partial charge is 0.382 e. The van der Waals surface area contributed by atoms with Crippen LogP contribution in [0, 0.1) is 5.41 Å². The Kier molecular flexibility index (Phi) is 7.29. The lowest BCUT2D eigenvalue weighted by Gasteiger charge is -2.20. The Labute approximate surface area is 91.3 Å². The van der Waals surface area contributed by atoms with E-state index in [1.807, 2.05) is 13.8 Å². The van der Waals surface area contributed by atoms with Gasteiger partial charge in [-0.15, -0.1) is 0 Å². The molecular weight excluding hydrogens is 196 g/mol. The second-order valence-electron chi connectivity index (χ2n) is 4.03. The van der Waals surface area contributed by atoms with Gasteiger partial charge in [-0.05, 0) is 13.8 Å². The molecule has 0 heterocycles. The number of rotatable bonds is 9. The maximum Gasteiger partial charge on any atom is 0.224 e. The Morgan fingerprint density at radius 1 is 1.33 bits per heavy atom. The average Bonchev–Trinajstić information content (AvgIpc) is 2.16. The highest BCUT2D eigenvalue weighted by Gasteiger charge is 2.23. The van der Waals surface area contributed by atoms with Gasteiger partial charge in [-0.25, -0.2) is 0 Å². The number of nitrogens with one attached hydrogen (secondary N) is 1. The molecule has 0 aliphatic carbocycles. The van der Waals surface area contributed by atoms with Crippen molar-refractivity contribution in [2.24, 2.45) is 11.1 Å². The van der Waals surface area contributed by atoms with Crippen molar-refractivity contribution in [2.45, 2.75) is 13.8 Å². The molecule has 0 rings (SSSR count). The number of hydrogen-bond acceptors (Lipinski definition) is 4. The molecule has 0 saturated heterocycles. The van der Waals surface area contributed by atoms with Gasteiger partial charge in [0.25, 0.3) is 0 Å². The second-order valence-corrected chi connectivity index (χ2v) is 4.03. The molecule has 0 aromatic rings. The Bertz CT molecular complexity index is 184. The van der Waals surface area contributed by atoms with E-state index in [1.165, 1.54) is 0 Å². The first-order chi connectivity index (χ1) is 7.00. The lowest BCUT2D eigenvalue weighted by Crippen LogP contribution is -2.41. The summed E-state index contributed by atoms with van der Waals surface area (Å²) >= 11 is 0. The zero-order valence-corrected chi connectivity index (χ0v) is 9.84. The number of hydrogen-bond donors (Lipinski definition) is 2. The first-order valence-corrected chi connectivity index (χ1v) is 5.08. The number of methoxy groups -OCH3 is 1. The molecule has 0 bridgehead atoms. The zero-order valence-electron chi connectivity index (χ0n) is 9.84. The fraction of sp³-hybridized carbons (Fsp3) is 0.900. The SMILES string of the molecule is COCCOCCNCC(C)(C)C(N)=O. The van der Waals surface area contributed by atoms with E-state index in [4.69, 9.17) is 15.2 Å². The normalized spacial score (nSPS) is 11.7. The molecule has 1 amide bonds. The molecule has 3 N–H and O–H groups in total. The fourth-order valence-corrected chi connectivity index (χ4v) is 0.877. The Balaban J connectivity index is 3.35. The minimum atomic E-state index is -0.507. The minimum absolute atomic E-state index is 0.296. The van der Waals surface area contributed by atoms with E-state index in [9.17, 15) is 4.79 Å². The van der Waals surface area contributed by atoms with E-state index in [0.29, 0.717) is 32.9 Å². The van der Waals surface area contributed by atoms with Gasteiger partial charge in [-0.3, -0.25) is 4.79 Å². The molecule has 0 aliphatic heterocycles. The molecule has 0 fully saturated rings. The Morgan fingerprint density at radius 2 is 2.00 bits per heavy atom. The summed E-state index contributed by atoms with van der Waals surface area (Å²) in [6, 6.07) is 0. The van der Waals surface area contributed by atoms with E-state index in [1.54, 1.807) is 7.11 Å².